The van der Waals surface area contributed by atoms with Crippen LogP contribution in [0.15, 0.2) is 42.0 Å². The van der Waals surface area contributed by atoms with Gasteiger partial charge in [0, 0.05) is 10.5 Å². The number of hydrogen-bond donors (Lipinski definition) is 2. The topological polar surface area (TPSA) is 57.5 Å². The fraction of sp³-hybridized carbons (Fsp3) is 0.444. The normalized spacial score (nSPS) is 17.0. The molecule has 0 bridgehead atoms. The molecule has 0 unspecified atom stereocenters. The average Bonchev–Trinajstić information content (AvgIpc) is 3.41. The lowest BCUT2D eigenvalue weighted by Crippen LogP contribution is -2.02. The monoisotopic (exact) mass is 436 g/mol. The molecule has 1 heterocycles. The van der Waals surface area contributed by atoms with Crippen LogP contribution in [0.1, 0.15) is 90.1 Å². The molecule has 0 saturated heterocycles. The van der Waals surface area contributed by atoms with Crippen molar-refractivity contribution in [3.05, 3.63) is 62.9 Å². The summed E-state index contributed by atoms with van der Waals surface area (Å²) in [6.07, 6.45) is 14.6. The predicted molar refractivity (Wildman–Crippen MR) is 128 cm³/mol. The largest absolute Gasteiger partial charge is 0.477 e. The van der Waals surface area contributed by atoms with Gasteiger partial charge in [0.2, 0.25) is 0 Å². The van der Waals surface area contributed by atoms with Crippen molar-refractivity contribution in [1.29, 1.82) is 0 Å². The number of carbonyl (C=O) groups is 1. The molecule has 164 valence electrons. The van der Waals surface area contributed by atoms with Crippen LogP contribution in [-0.2, 0) is 6.42 Å². The van der Waals surface area contributed by atoms with Gasteiger partial charge >= 0.3 is 5.97 Å². The molecule has 3 rings (SSSR count). The van der Waals surface area contributed by atoms with Crippen LogP contribution in [0.5, 0.6) is 0 Å². The minimum Gasteiger partial charge on any atom is -0.477 e. The second-order valence-corrected chi connectivity index (χ2v) is 9.54. The summed E-state index contributed by atoms with van der Waals surface area (Å²) >= 11 is 1.37. The number of hydrogen-bond acceptors (Lipinski definition) is 3. The van der Waals surface area contributed by atoms with E-state index in [9.17, 15) is 9.90 Å². The molecular weight excluding hydrogens is 404 g/mol. The van der Waals surface area contributed by atoms with E-state index in [2.05, 4.69) is 25.0 Å². The highest BCUT2D eigenvalue weighted by Crippen LogP contribution is 2.41. The van der Waals surface area contributed by atoms with Gasteiger partial charge < -0.3 is 10.2 Å². The minimum absolute atomic E-state index is 0.400. The molecule has 2 N–H and O–H groups in total. The molecule has 0 aliphatic heterocycles. The van der Waals surface area contributed by atoms with Gasteiger partial charge in [-0.15, -0.1) is 17.8 Å². The van der Waals surface area contributed by atoms with Gasteiger partial charge in [0.05, 0.1) is 6.10 Å². The predicted octanol–water partition coefficient (Wildman–Crippen LogP) is 6.88. The Morgan fingerprint density at radius 3 is 2.61 bits per heavy atom. The first-order valence-corrected chi connectivity index (χ1v) is 12.1. The van der Waals surface area contributed by atoms with Crippen molar-refractivity contribution in [2.45, 2.75) is 70.8 Å². The van der Waals surface area contributed by atoms with Gasteiger partial charge in [-0.25, -0.2) is 4.79 Å². The Balaban J connectivity index is 1.63. The number of thiophene rings is 1. The minimum atomic E-state index is -0.852. The zero-order chi connectivity index (χ0) is 22.2. The summed E-state index contributed by atoms with van der Waals surface area (Å²) in [4.78, 5) is 12.6. The number of allylic oxidation sites excluding steroid dienone is 2. The summed E-state index contributed by atoms with van der Waals surface area (Å²) in [5.74, 6) is 2.49. The molecule has 2 atom stereocenters. The van der Waals surface area contributed by atoms with Crippen molar-refractivity contribution in [2.24, 2.45) is 5.92 Å². The zero-order valence-corrected chi connectivity index (χ0v) is 19.1. The van der Waals surface area contributed by atoms with E-state index in [1.54, 1.807) is 6.07 Å². The highest BCUT2D eigenvalue weighted by atomic mass is 32.1. The number of terminal acetylenes is 1. The number of aliphatic hydroxyl groups excluding tert-OH is 1. The first-order chi connectivity index (χ1) is 15.0. The number of carboxylic acids is 1. The van der Waals surface area contributed by atoms with Crippen molar-refractivity contribution >= 4 is 22.9 Å². The van der Waals surface area contributed by atoms with E-state index in [1.807, 2.05) is 18.2 Å². The third-order valence-electron chi connectivity index (χ3n) is 6.19. The lowest BCUT2D eigenvalue weighted by Gasteiger charge is -2.17. The standard InChI is InChI=1S/C27H32O3S/c1-3-5-6-10-24(28)20-12-15-22(16-13-20)26-19(4-2)11-14-21(26)8-7-9-23-17-18-25(31-23)27(29)30/h2,12-13,15-18,21,24,28H,3,5-11,14H2,1H3,(H,29,30)/t21-,24-/m0/s1. The summed E-state index contributed by atoms with van der Waals surface area (Å²) in [6.45, 7) is 2.17. The smallest absolute Gasteiger partial charge is 0.345 e. The van der Waals surface area contributed by atoms with Gasteiger partial charge in [-0.1, -0.05) is 56.4 Å². The number of rotatable bonds is 11. The summed E-state index contributed by atoms with van der Waals surface area (Å²) in [6, 6.07) is 11.9. The Hall–Kier alpha value is -2.35. The number of unbranched alkanes of at least 4 members (excludes halogenated alkanes) is 2. The van der Waals surface area contributed by atoms with Crippen molar-refractivity contribution in [1.82, 2.24) is 0 Å². The molecule has 1 aliphatic rings. The van der Waals surface area contributed by atoms with Gasteiger partial charge in [0.1, 0.15) is 4.88 Å². The zero-order valence-electron chi connectivity index (χ0n) is 18.3. The molecule has 0 radical (unpaired) electrons. The van der Waals surface area contributed by atoms with E-state index in [4.69, 9.17) is 11.5 Å². The third kappa shape index (κ3) is 6.09. The van der Waals surface area contributed by atoms with Crippen LogP contribution in [0.3, 0.4) is 0 Å². The first kappa shape index (κ1) is 23.3. The third-order valence-corrected chi connectivity index (χ3v) is 7.32. The van der Waals surface area contributed by atoms with Crippen LogP contribution >= 0.6 is 11.3 Å². The summed E-state index contributed by atoms with van der Waals surface area (Å²) in [5, 5.41) is 19.5. The highest BCUT2D eigenvalue weighted by Gasteiger charge is 2.26. The second kappa shape index (κ2) is 11.3. The van der Waals surface area contributed by atoms with Crippen molar-refractivity contribution < 1.29 is 15.0 Å². The summed E-state index contributed by atoms with van der Waals surface area (Å²) in [5.41, 5.74) is 4.53. The maximum atomic E-state index is 11.1. The maximum absolute atomic E-state index is 11.1. The Bertz CT molecular complexity index is 946. The number of carboxylic acid groups (broad SMARTS) is 1. The number of benzene rings is 1. The lowest BCUT2D eigenvalue weighted by molar-refractivity contribution is 0.0702. The van der Waals surface area contributed by atoms with E-state index in [-0.39, 0.29) is 0 Å². The van der Waals surface area contributed by atoms with Gasteiger partial charge in [-0.2, -0.15) is 0 Å². The summed E-state index contributed by atoms with van der Waals surface area (Å²) in [7, 11) is 0. The van der Waals surface area contributed by atoms with Crippen molar-refractivity contribution in [3.8, 4) is 12.3 Å². The molecule has 0 fully saturated rings. The van der Waals surface area contributed by atoms with Crippen LogP contribution in [0.25, 0.3) is 5.57 Å². The van der Waals surface area contributed by atoms with Gasteiger partial charge in [-0.3, -0.25) is 0 Å². The molecule has 1 aromatic carbocycles. The maximum Gasteiger partial charge on any atom is 0.345 e. The Morgan fingerprint density at radius 2 is 1.97 bits per heavy atom. The first-order valence-electron chi connectivity index (χ1n) is 11.3. The van der Waals surface area contributed by atoms with Crippen LogP contribution in [0, 0.1) is 18.3 Å². The van der Waals surface area contributed by atoms with Gasteiger partial charge in [-0.05, 0) is 73.3 Å². The quantitative estimate of drug-likeness (QED) is 0.298. The average molecular weight is 437 g/mol. The number of aromatic carboxylic acids is 1. The number of aryl methyl sites for hydroxylation is 1. The van der Waals surface area contributed by atoms with Gasteiger partial charge in [0.25, 0.3) is 0 Å². The van der Waals surface area contributed by atoms with Crippen molar-refractivity contribution in [2.75, 3.05) is 0 Å². The fourth-order valence-corrected chi connectivity index (χ4v) is 5.37. The molecule has 2 aromatic rings. The van der Waals surface area contributed by atoms with Crippen LogP contribution in [0.4, 0.5) is 0 Å². The molecule has 0 amide bonds. The van der Waals surface area contributed by atoms with E-state index in [0.717, 1.165) is 73.8 Å². The molecule has 3 nitrogen and oxygen atoms in total. The van der Waals surface area contributed by atoms with Crippen molar-refractivity contribution in [3.63, 3.8) is 0 Å². The SMILES string of the molecule is C#CC1=C(c2ccc([C@@H](O)CCCCC)cc2)[C@@H](CCCc2ccc(C(=O)O)s2)CC1. The fourth-order valence-electron chi connectivity index (χ4n) is 4.48. The Labute approximate surface area is 189 Å². The molecule has 1 aromatic heterocycles. The second-order valence-electron chi connectivity index (χ2n) is 8.37. The van der Waals surface area contributed by atoms with Crippen LogP contribution < -0.4 is 0 Å². The Morgan fingerprint density at radius 1 is 1.19 bits per heavy atom. The summed E-state index contributed by atoms with van der Waals surface area (Å²) < 4.78 is 0. The Kier molecular flexibility index (Phi) is 8.51. The molecule has 31 heavy (non-hydrogen) atoms. The van der Waals surface area contributed by atoms with E-state index >= 15 is 0 Å². The molecule has 4 heteroatoms. The van der Waals surface area contributed by atoms with Crippen LogP contribution in [-0.4, -0.2) is 16.2 Å². The van der Waals surface area contributed by atoms with Gasteiger partial charge in [0.15, 0.2) is 0 Å². The molecule has 1 aliphatic carbocycles. The lowest BCUT2D eigenvalue weighted by atomic mass is 9.88. The van der Waals surface area contributed by atoms with Crippen LogP contribution in [0.2, 0.25) is 0 Å². The molecule has 0 saturated carbocycles. The molecular formula is C27H32O3S. The molecule has 0 spiro atoms. The number of aliphatic hydroxyl groups is 1. The van der Waals surface area contributed by atoms with E-state index < -0.39 is 12.1 Å². The van der Waals surface area contributed by atoms with E-state index in [0.29, 0.717) is 10.8 Å². The highest BCUT2D eigenvalue weighted by molar-refractivity contribution is 7.13. The van der Waals surface area contributed by atoms with E-state index in [1.165, 1.54) is 22.5 Å².